The molecule has 1 amide bonds. The fraction of sp³-hybridized carbons (Fsp3) is 0.0526. The molecule has 2 aromatic carbocycles. The molecule has 2 heterocycles. The number of nitrogens with zero attached hydrogens (tertiary/aromatic N) is 1. The van der Waals surface area contributed by atoms with Crippen molar-refractivity contribution in [2.75, 3.05) is 5.32 Å². The van der Waals surface area contributed by atoms with Gasteiger partial charge >= 0.3 is 0 Å². The first-order valence-electron chi connectivity index (χ1n) is 7.52. The van der Waals surface area contributed by atoms with Gasteiger partial charge in [-0.2, -0.15) is 0 Å². The minimum absolute atomic E-state index is 0.272. The first-order valence-corrected chi connectivity index (χ1v) is 7.52. The van der Waals surface area contributed by atoms with Crippen LogP contribution in [0.4, 0.5) is 5.69 Å². The van der Waals surface area contributed by atoms with Gasteiger partial charge in [-0.05, 0) is 55.0 Å². The number of aromatic nitrogens is 1. The van der Waals surface area contributed by atoms with Crippen molar-refractivity contribution in [2.24, 2.45) is 0 Å². The zero-order valence-electron chi connectivity index (χ0n) is 12.9. The van der Waals surface area contributed by atoms with Crippen LogP contribution in [0, 0.1) is 6.92 Å². The van der Waals surface area contributed by atoms with Gasteiger partial charge in [0.05, 0.1) is 6.26 Å². The minimum Gasteiger partial charge on any atom is -0.459 e. The van der Waals surface area contributed by atoms with Crippen molar-refractivity contribution in [3.05, 3.63) is 72.2 Å². The summed E-state index contributed by atoms with van der Waals surface area (Å²) in [6.07, 6.45) is 1.47. The summed E-state index contributed by atoms with van der Waals surface area (Å²) < 4.78 is 10.9. The Bertz CT molecular complexity index is 999. The highest BCUT2D eigenvalue weighted by molar-refractivity contribution is 6.02. The zero-order chi connectivity index (χ0) is 16.5. The van der Waals surface area contributed by atoms with Crippen LogP contribution in [0.5, 0.6) is 0 Å². The van der Waals surface area contributed by atoms with Crippen LogP contribution in [0.1, 0.15) is 16.1 Å². The van der Waals surface area contributed by atoms with Gasteiger partial charge in [0.15, 0.2) is 11.3 Å². The second-order valence-electron chi connectivity index (χ2n) is 5.45. The van der Waals surface area contributed by atoms with E-state index in [2.05, 4.69) is 10.3 Å². The Balaban J connectivity index is 1.58. The van der Waals surface area contributed by atoms with E-state index in [9.17, 15) is 4.79 Å². The summed E-state index contributed by atoms with van der Waals surface area (Å²) in [5, 5.41) is 2.77. The maximum Gasteiger partial charge on any atom is 0.291 e. The molecule has 5 nitrogen and oxygen atoms in total. The van der Waals surface area contributed by atoms with Crippen LogP contribution in [-0.2, 0) is 0 Å². The number of carbonyl (C=O) groups is 1. The van der Waals surface area contributed by atoms with Gasteiger partial charge in [0, 0.05) is 11.3 Å². The summed E-state index contributed by atoms with van der Waals surface area (Å²) in [6, 6.07) is 16.5. The molecule has 0 aliphatic rings. The van der Waals surface area contributed by atoms with E-state index in [-0.39, 0.29) is 11.7 Å². The van der Waals surface area contributed by atoms with Crippen molar-refractivity contribution in [1.82, 2.24) is 4.98 Å². The largest absolute Gasteiger partial charge is 0.459 e. The van der Waals surface area contributed by atoms with Crippen molar-refractivity contribution in [3.8, 4) is 11.5 Å². The Morgan fingerprint density at radius 2 is 1.88 bits per heavy atom. The van der Waals surface area contributed by atoms with Crippen molar-refractivity contribution >= 4 is 22.7 Å². The number of rotatable bonds is 3. The van der Waals surface area contributed by atoms with Gasteiger partial charge < -0.3 is 14.2 Å². The van der Waals surface area contributed by atoms with Crippen LogP contribution in [0.25, 0.3) is 22.6 Å². The van der Waals surface area contributed by atoms with E-state index in [0.717, 1.165) is 22.2 Å². The number of furan rings is 1. The standard InChI is InChI=1S/C19H14N2O3/c1-12-4-2-5-15-17(12)21-19(24-15)13-7-9-14(10-8-13)20-18(22)16-6-3-11-23-16/h2-11H,1H3,(H,20,22). The Morgan fingerprint density at radius 1 is 1.04 bits per heavy atom. The third-order valence-electron chi connectivity index (χ3n) is 3.76. The third-order valence-corrected chi connectivity index (χ3v) is 3.76. The maximum atomic E-state index is 11.9. The topological polar surface area (TPSA) is 68.3 Å². The molecule has 0 unspecified atom stereocenters. The Hall–Kier alpha value is -3.34. The molecular weight excluding hydrogens is 304 g/mol. The Kier molecular flexibility index (Phi) is 3.39. The first kappa shape index (κ1) is 14.3. The van der Waals surface area contributed by atoms with Crippen LogP contribution in [0.15, 0.2) is 69.7 Å². The number of hydrogen-bond donors (Lipinski definition) is 1. The number of hydrogen-bond acceptors (Lipinski definition) is 4. The molecule has 0 aliphatic heterocycles. The molecule has 0 spiro atoms. The number of aryl methyl sites for hydroxylation is 1. The van der Waals surface area contributed by atoms with Crippen LogP contribution in [0.2, 0.25) is 0 Å². The molecule has 4 rings (SSSR count). The molecule has 24 heavy (non-hydrogen) atoms. The lowest BCUT2D eigenvalue weighted by Crippen LogP contribution is -2.10. The van der Waals surface area contributed by atoms with Gasteiger partial charge in [-0.3, -0.25) is 4.79 Å². The Labute approximate surface area is 137 Å². The molecule has 0 radical (unpaired) electrons. The van der Waals surface area contributed by atoms with Crippen LogP contribution < -0.4 is 5.32 Å². The molecule has 0 aliphatic carbocycles. The number of benzene rings is 2. The summed E-state index contributed by atoms with van der Waals surface area (Å²) in [4.78, 5) is 16.5. The van der Waals surface area contributed by atoms with Gasteiger partial charge in [0.25, 0.3) is 5.91 Å². The maximum absolute atomic E-state index is 11.9. The second-order valence-corrected chi connectivity index (χ2v) is 5.45. The highest BCUT2D eigenvalue weighted by Crippen LogP contribution is 2.27. The van der Waals surface area contributed by atoms with E-state index in [1.54, 1.807) is 24.3 Å². The molecule has 2 aromatic heterocycles. The number of carbonyl (C=O) groups excluding carboxylic acids is 1. The van der Waals surface area contributed by atoms with Crippen molar-refractivity contribution in [3.63, 3.8) is 0 Å². The summed E-state index contributed by atoms with van der Waals surface area (Å²) in [7, 11) is 0. The summed E-state index contributed by atoms with van der Waals surface area (Å²) in [5.41, 5.74) is 4.22. The number of oxazole rings is 1. The quantitative estimate of drug-likeness (QED) is 0.597. The van der Waals surface area contributed by atoms with Crippen molar-refractivity contribution in [1.29, 1.82) is 0 Å². The van der Waals surface area contributed by atoms with Crippen LogP contribution in [-0.4, -0.2) is 10.9 Å². The fourth-order valence-corrected chi connectivity index (χ4v) is 2.51. The van der Waals surface area contributed by atoms with Crippen LogP contribution >= 0.6 is 0 Å². The van der Waals surface area contributed by atoms with Gasteiger partial charge in [-0.15, -0.1) is 0 Å². The van der Waals surface area contributed by atoms with E-state index in [0.29, 0.717) is 11.6 Å². The summed E-state index contributed by atoms with van der Waals surface area (Å²) in [6.45, 7) is 2.00. The number of fused-ring (bicyclic) bond motifs is 1. The van der Waals surface area contributed by atoms with Gasteiger partial charge in [0.2, 0.25) is 5.89 Å². The van der Waals surface area contributed by atoms with E-state index in [1.807, 2.05) is 37.3 Å². The fourth-order valence-electron chi connectivity index (χ4n) is 2.51. The molecule has 0 saturated carbocycles. The second kappa shape index (κ2) is 5.70. The average molecular weight is 318 g/mol. The highest BCUT2D eigenvalue weighted by Gasteiger charge is 2.11. The predicted octanol–water partition coefficient (Wildman–Crippen LogP) is 4.65. The number of amides is 1. The minimum atomic E-state index is -0.287. The van der Waals surface area contributed by atoms with E-state index in [4.69, 9.17) is 8.83 Å². The van der Waals surface area contributed by atoms with Gasteiger partial charge in [-0.1, -0.05) is 12.1 Å². The van der Waals surface area contributed by atoms with Gasteiger partial charge in [-0.25, -0.2) is 4.98 Å². The summed E-state index contributed by atoms with van der Waals surface area (Å²) >= 11 is 0. The molecule has 118 valence electrons. The molecule has 4 aromatic rings. The molecule has 5 heteroatoms. The lowest BCUT2D eigenvalue weighted by atomic mass is 10.2. The van der Waals surface area contributed by atoms with E-state index >= 15 is 0 Å². The zero-order valence-corrected chi connectivity index (χ0v) is 12.9. The SMILES string of the molecule is Cc1cccc2oc(-c3ccc(NC(=O)c4ccco4)cc3)nc12. The molecule has 0 atom stereocenters. The monoisotopic (exact) mass is 318 g/mol. The number of nitrogens with one attached hydrogen (secondary N) is 1. The Morgan fingerprint density at radius 3 is 2.58 bits per heavy atom. The highest BCUT2D eigenvalue weighted by atomic mass is 16.3. The number of anilines is 1. The normalized spacial score (nSPS) is 10.9. The molecule has 1 N–H and O–H groups in total. The smallest absolute Gasteiger partial charge is 0.291 e. The lowest BCUT2D eigenvalue weighted by molar-refractivity contribution is 0.0996. The van der Waals surface area contributed by atoms with Crippen LogP contribution in [0.3, 0.4) is 0 Å². The van der Waals surface area contributed by atoms with E-state index < -0.39 is 0 Å². The lowest BCUT2D eigenvalue weighted by Gasteiger charge is -2.03. The molecular formula is C19H14N2O3. The number of para-hydroxylation sites is 1. The molecule has 0 saturated heterocycles. The summed E-state index contributed by atoms with van der Waals surface area (Å²) in [5.74, 6) is 0.543. The average Bonchev–Trinajstić information content (AvgIpc) is 3.26. The predicted molar refractivity (Wildman–Crippen MR) is 90.8 cm³/mol. The molecule has 0 bridgehead atoms. The first-order chi connectivity index (χ1) is 11.7. The van der Waals surface area contributed by atoms with E-state index in [1.165, 1.54) is 6.26 Å². The third kappa shape index (κ3) is 2.56. The van der Waals surface area contributed by atoms with Crippen molar-refractivity contribution < 1.29 is 13.6 Å². The molecule has 0 fully saturated rings. The van der Waals surface area contributed by atoms with Gasteiger partial charge in [0.1, 0.15) is 5.52 Å². The van der Waals surface area contributed by atoms with Crippen molar-refractivity contribution in [2.45, 2.75) is 6.92 Å².